The van der Waals surface area contributed by atoms with Crippen LogP contribution in [0.25, 0.3) is 16.3 Å². The normalized spacial score (nSPS) is 9.83. The molecule has 0 aliphatic carbocycles. The summed E-state index contributed by atoms with van der Waals surface area (Å²) in [6, 6.07) is 13.8. The molecule has 0 aliphatic heterocycles. The third-order valence-corrected chi connectivity index (χ3v) is 3.02. The van der Waals surface area contributed by atoms with Crippen LogP contribution in [0.2, 0.25) is 0 Å². The molecule has 0 fully saturated rings. The fourth-order valence-electron chi connectivity index (χ4n) is 2.12. The lowest BCUT2D eigenvalue weighted by Gasteiger charge is -2.10. The van der Waals surface area contributed by atoms with Gasteiger partial charge in [-0.1, -0.05) is 35.9 Å². The number of benzene rings is 2. The maximum absolute atomic E-state index is 9.12. The van der Waals surface area contributed by atoms with E-state index in [1.165, 1.54) is 6.21 Å². The average Bonchev–Trinajstić information content (AvgIpc) is 2.39. The van der Waals surface area contributed by atoms with Crippen molar-refractivity contribution in [1.82, 2.24) is 0 Å². The van der Waals surface area contributed by atoms with Crippen LogP contribution in [0.3, 0.4) is 0 Å². The lowest BCUT2D eigenvalue weighted by molar-refractivity contribution is 1.40. The van der Waals surface area contributed by atoms with Crippen molar-refractivity contribution in [2.45, 2.75) is 13.8 Å². The van der Waals surface area contributed by atoms with Crippen LogP contribution in [-0.4, -0.2) is 6.21 Å². The van der Waals surface area contributed by atoms with E-state index >= 15 is 0 Å². The second-order valence-electron chi connectivity index (χ2n) is 4.38. The maximum Gasteiger partial charge on any atom is 0.0998 e. The fraction of sp³-hybridized carbons (Fsp3) is 0.125. The molecule has 0 aliphatic rings. The van der Waals surface area contributed by atoms with Crippen molar-refractivity contribution >= 4 is 22.6 Å². The molecule has 2 rings (SSSR count). The third-order valence-electron chi connectivity index (χ3n) is 3.02. The summed E-state index contributed by atoms with van der Waals surface area (Å²) >= 11 is 0. The molecule has 2 aromatic rings. The summed E-state index contributed by atoms with van der Waals surface area (Å²) in [5.74, 6) is 0. The molecule has 0 saturated heterocycles. The molecule has 0 unspecified atom stereocenters. The van der Waals surface area contributed by atoms with Gasteiger partial charge in [-0.3, -0.25) is 0 Å². The average molecular weight is 234 g/mol. The Morgan fingerprint density at radius 1 is 1.11 bits per heavy atom. The number of hydrogen-bond acceptors (Lipinski definition) is 2. The number of nitrogens with zero attached hydrogens (tertiary/aromatic N) is 1. The molecule has 0 bridgehead atoms. The largest absolute Gasteiger partial charge is 0.308 e. The molecule has 0 radical (unpaired) electrons. The molecule has 0 amide bonds. The van der Waals surface area contributed by atoms with E-state index in [0.29, 0.717) is 5.56 Å². The SMILES string of the molecule is CC(C)=C(C=N)c1ccc(C#N)c2ccccc12. The standard InChI is InChI=1S/C16H14N2/c1-11(2)16(10-18)15-8-7-12(9-17)13-5-3-4-6-14(13)15/h3-8,10,18H,1-2H3. The molecule has 1 N–H and O–H groups in total. The summed E-state index contributed by atoms with van der Waals surface area (Å²) in [7, 11) is 0. The van der Waals surface area contributed by atoms with E-state index in [4.69, 9.17) is 10.7 Å². The lowest BCUT2D eigenvalue weighted by atomic mass is 9.94. The summed E-state index contributed by atoms with van der Waals surface area (Å²) < 4.78 is 0. The quantitative estimate of drug-likeness (QED) is 0.779. The van der Waals surface area contributed by atoms with E-state index in [9.17, 15) is 0 Å². The van der Waals surface area contributed by atoms with Crippen LogP contribution in [0.15, 0.2) is 42.0 Å². The van der Waals surface area contributed by atoms with Gasteiger partial charge in [-0.15, -0.1) is 0 Å². The zero-order valence-corrected chi connectivity index (χ0v) is 10.5. The van der Waals surface area contributed by atoms with E-state index < -0.39 is 0 Å². The minimum absolute atomic E-state index is 0.674. The van der Waals surface area contributed by atoms with E-state index in [-0.39, 0.29) is 0 Å². The van der Waals surface area contributed by atoms with Crippen LogP contribution in [0.4, 0.5) is 0 Å². The van der Waals surface area contributed by atoms with Gasteiger partial charge in [-0.05, 0) is 36.4 Å². The zero-order valence-electron chi connectivity index (χ0n) is 10.5. The Morgan fingerprint density at radius 3 is 2.33 bits per heavy atom. The van der Waals surface area contributed by atoms with Crippen LogP contribution in [-0.2, 0) is 0 Å². The Hall–Kier alpha value is -2.40. The molecule has 0 atom stereocenters. The van der Waals surface area contributed by atoms with Gasteiger partial charge in [0.1, 0.15) is 0 Å². The van der Waals surface area contributed by atoms with Gasteiger partial charge in [0.25, 0.3) is 0 Å². The first-order chi connectivity index (χ1) is 8.69. The highest BCUT2D eigenvalue weighted by Gasteiger charge is 2.08. The maximum atomic E-state index is 9.12. The van der Waals surface area contributed by atoms with Gasteiger partial charge >= 0.3 is 0 Å². The Labute approximate surface area is 107 Å². The first-order valence-corrected chi connectivity index (χ1v) is 5.79. The molecule has 0 saturated carbocycles. The summed E-state index contributed by atoms with van der Waals surface area (Å²) in [6.07, 6.45) is 1.38. The molecule has 0 aromatic heterocycles. The van der Waals surface area contributed by atoms with Crippen LogP contribution in [0.1, 0.15) is 25.0 Å². The first-order valence-electron chi connectivity index (χ1n) is 5.79. The summed E-state index contributed by atoms with van der Waals surface area (Å²) in [6.45, 7) is 3.99. The smallest absolute Gasteiger partial charge is 0.0998 e. The van der Waals surface area contributed by atoms with Crippen molar-refractivity contribution in [2.24, 2.45) is 0 Å². The first kappa shape index (κ1) is 12.1. The van der Waals surface area contributed by atoms with Crippen LogP contribution in [0, 0.1) is 16.7 Å². The second kappa shape index (κ2) is 4.85. The topological polar surface area (TPSA) is 47.6 Å². The van der Waals surface area contributed by atoms with Crippen molar-refractivity contribution in [2.75, 3.05) is 0 Å². The second-order valence-corrected chi connectivity index (χ2v) is 4.38. The van der Waals surface area contributed by atoms with Gasteiger partial charge in [0.05, 0.1) is 11.6 Å². The minimum atomic E-state index is 0.674. The predicted molar refractivity (Wildman–Crippen MR) is 75.7 cm³/mol. The van der Waals surface area contributed by atoms with Crippen molar-refractivity contribution in [3.63, 3.8) is 0 Å². The molecule has 2 heteroatoms. The number of fused-ring (bicyclic) bond motifs is 1. The number of hydrogen-bond donors (Lipinski definition) is 1. The Bertz CT molecular complexity index is 684. The molecular formula is C16H14N2. The van der Waals surface area contributed by atoms with Crippen molar-refractivity contribution in [3.8, 4) is 6.07 Å². The lowest BCUT2D eigenvalue weighted by Crippen LogP contribution is -1.92. The van der Waals surface area contributed by atoms with Gasteiger partial charge in [0.2, 0.25) is 0 Å². The van der Waals surface area contributed by atoms with Crippen LogP contribution < -0.4 is 0 Å². The minimum Gasteiger partial charge on any atom is -0.308 e. The van der Waals surface area contributed by atoms with Gasteiger partial charge in [-0.2, -0.15) is 5.26 Å². The van der Waals surface area contributed by atoms with Crippen molar-refractivity contribution in [1.29, 1.82) is 10.7 Å². The third kappa shape index (κ3) is 1.91. The van der Waals surface area contributed by atoms with Crippen molar-refractivity contribution in [3.05, 3.63) is 53.1 Å². The van der Waals surface area contributed by atoms with Gasteiger partial charge < -0.3 is 5.41 Å². The molecule has 0 heterocycles. The number of rotatable bonds is 2. The number of allylic oxidation sites excluding steroid dienone is 2. The summed E-state index contributed by atoms with van der Waals surface area (Å²) in [4.78, 5) is 0. The Morgan fingerprint density at radius 2 is 1.78 bits per heavy atom. The molecular weight excluding hydrogens is 220 g/mol. The van der Waals surface area contributed by atoms with E-state index in [1.54, 1.807) is 0 Å². The predicted octanol–water partition coefficient (Wildman–Crippen LogP) is 4.15. The molecule has 88 valence electrons. The van der Waals surface area contributed by atoms with Gasteiger partial charge in [0, 0.05) is 11.6 Å². The van der Waals surface area contributed by atoms with Crippen LogP contribution in [0.5, 0.6) is 0 Å². The van der Waals surface area contributed by atoms with E-state index in [0.717, 1.165) is 27.5 Å². The molecule has 0 spiro atoms. The highest BCUT2D eigenvalue weighted by Crippen LogP contribution is 2.28. The highest BCUT2D eigenvalue weighted by molar-refractivity contribution is 6.15. The van der Waals surface area contributed by atoms with Gasteiger partial charge in [0.15, 0.2) is 0 Å². The van der Waals surface area contributed by atoms with Crippen molar-refractivity contribution < 1.29 is 0 Å². The summed E-state index contributed by atoms with van der Waals surface area (Å²) in [5, 5.41) is 18.6. The molecule has 2 aromatic carbocycles. The monoisotopic (exact) mass is 234 g/mol. The molecule has 2 nitrogen and oxygen atoms in total. The fourth-order valence-corrected chi connectivity index (χ4v) is 2.12. The summed E-state index contributed by atoms with van der Waals surface area (Å²) in [5.41, 5.74) is 3.70. The number of nitriles is 1. The Balaban J connectivity index is 2.88. The number of nitrogens with one attached hydrogen (secondary N) is 1. The van der Waals surface area contributed by atoms with E-state index in [1.807, 2.05) is 50.2 Å². The zero-order chi connectivity index (χ0) is 13.1. The molecule has 18 heavy (non-hydrogen) atoms. The van der Waals surface area contributed by atoms with Crippen LogP contribution >= 0.6 is 0 Å². The van der Waals surface area contributed by atoms with E-state index in [2.05, 4.69) is 6.07 Å². The Kier molecular flexibility index (Phi) is 3.25. The highest BCUT2D eigenvalue weighted by atomic mass is 14.3. The van der Waals surface area contributed by atoms with Gasteiger partial charge in [-0.25, -0.2) is 0 Å².